The molecule has 2 heterocycles. The summed E-state index contributed by atoms with van der Waals surface area (Å²) in [6.45, 7) is 3.62. The summed E-state index contributed by atoms with van der Waals surface area (Å²) in [7, 11) is 1.67. The number of nitrogens with zero attached hydrogens (tertiary/aromatic N) is 3. The van der Waals surface area contributed by atoms with Gasteiger partial charge in [-0.05, 0) is 47.6 Å². The Morgan fingerprint density at radius 1 is 0.886 bits per heavy atom. The second-order valence-corrected chi connectivity index (χ2v) is 9.69. The van der Waals surface area contributed by atoms with Gasteiger partial charge in [0.2, 0.25) is 0 Å². The molecule has 0 atom stereocenters. The Balaban J connectivity index is 1.22. The Labute approximate surface area is 216 Å². The first kappa shape index (κ1) is 23.5. The molecule has 7 heteroatoms. The molecule has 0 spiro atoms. The third-order valence-corrected chi connectivity index (χ3v) is 7.42. The number of methoxy groups -OCH3 is 1. The lowest BCUT2D eigenvalue weighted by Gasteiger charge is -2.40. The van der Waals surface area contributed by atoms with Crippen molar-refractivity contribution in [3.8, 4) is 17.0 Å². The van der Waals surface area contributed by atoms with E-state index >= 15 is 0 Å². The predicted octanol–water partition coefficient (Wildman–Crippen LogP) is 5.92. The molecule has 1 aromatic heterocycles. The summed E-state index contributed by atoms with van der Waals surface area (Å²) >= 11 is 7.32. The molecule has 0 bridgehead atoms. The van der Waals surface area contributed by atoms with Gasteiger partial charge < -0.3 is 15.0 Å². The van der Waals surface area contributed by atoms with Crippen molar-refractivity contribution in [2.24, 2.45) is 0 Å². The molecule has 1 N–H and O–H groups in total. The van der Waals surface area contributed by atoms with Gasteiger partial charge >= 0.3 is 0 Å². The highest BCUT2D eigenvalue weighted by Gasteiger charge is 2.27. The predicted molar refractivity (Wildman–Crippen MR) is 148 cm³/mol. The normalized spacial score (nSPS) is 14.2. The van der Waals surface area contributed by atoms with Gasteiger partial charge in [0.05, 0.1) is 18.8 Å². The summed E-state index contributed by atoms with van der Waals surface area (Å²) < 4.78 is 5.25. The number of thiocarbonyl (C=S) groups is 1. The summed E-state index contributed by atoms with van der Waals surface area (Å²) in [5.74, 6) is 0.837. The van der Waals surface area contributed by atoms with Crippen LogP contribution in [0.1, 0.15) is 17.2 Å². The lowest BCUT2D eigenvalue weighted by Crippen LogP contribution is -2.50. The fraction of sp³-hybridized carbons (Fsp3) is 0.214. The zero-order valence-corrected chi connectivity index (χ0v) is 21.3. The zero-order chi connectivity index (χ0) is 24.0. The second-order valence-electron chi connectivity index (χ2n) is 8.44. The molecule has 5 rings (SSSR count). The highest BCUT2D eigenvalue weighted by Crippen LogP contribution is 2.30. The van der Waals surface area contributed by atoms with E-state index in [2.05, 4.69) is 81.2 Å². The molecule has 0 aliphatic carbocycles. The van der Waals surface area contributed by atoms with Crippen LogP contribution >= 0.6 is 23.6 Å². The number of anilines is 1. The van der Waals surface area contributed by atoms with Crippen molar-refractivity contribution in [2.45, 2.75) is 6.04 Å². The van der Waals surface area contributed by atoms with Gasteiger partial charge in [0.15, 0.2) is 10.2 Å². The molecular weight excluding hydrogens is 472 g/mol. The van der Waals surface area contributed by atoms with Crippen molar-refractivity contribution >= 4 is 33.8 Å². The number of aromatic nitrogens is 1. The summed E-state index contributed by atoms with van der Waals surface area (Å²) in [6, 6.07) is 29.7. The molecule has 1 aliphatic rings. The van der Waals surface area contributed by atoms with Crippen LogP contribution in [-0.4, -0.2) is 53.2 Å². The first-order valence-corrected chi connectivity index (χ1v) is 13.0. The van der Waals surface area contributed by atoms with E-state index in [4.69, 9.17) is 21.9 Å². The van der Waals surface area contributed by atoms with E-state index in [9.17, 15) is 0 Å². The van der Waals surface area contributed by atoms with Gasteiger partial charge in [0, 0.05) is 37.1 Å². The van der Waals surface area contributed by atoms with Gasteiger partial charge in [0.25, 0.3) is 0 Å². The van der Waals surface area contributed by atoms with E-state index < -0.39 is 0 Å². The SMILES string of the molecule is COc1ccc(-c2csc(NC(=S)N3CCN(C(c4ccccc4)c4ccccc4)CC3)n2)cc1. The second kappa shape index (κ2) is 11.0. The maximum Gasteiger partial charge on any atom is 0.189 e. The maximum absolute atomic E-state index is 5.75. The van der Waals surface area contributed by atoms with Gasteiger partial charge in [-0.3, -0.25) is 4.90 Å². The number of ether oxygens (including phenoxy) is 1. The first-order chi connectivity index (χ1) is 17.2. The summed E-state index contributed by atoms with van der Waals surface area (Å²) in [5.41, 5.74) is 4.63. The van der Waals surface area contributed by atoms with Crippen molar-refractivity contribution < 1.29 is 4.74 Å². The quantitative estimate of drug-likeness (QED) is 0.331. The van der Waals surface area contributed by atoms with Gasteiger partial charge in [0.1, 0.15) is 5.75 Å². The minimum Gasteiger partial charge on any atom is -0.497 e. The Kier molecular flexibility index (Phi) is 7.37. The van der Waals surface area contributed by atoms with Gasteiger partial charge in [-0.1, -0.05) is 60.7 Å². The third-order valence-electron chi connectivity index (χ3n) is 6.30. The monoisotopic (exact) mass is 500 g/mol. The molecule has 5 nitrogen and oxygen atoms in total. The molecule has 1 saturated heterocycles. The fourth-order valence-electron chi connectivity index (χ4n) is 4.46. The number of piperazine rings is 1. The van der Waals surface area contributed by atoms with Crippen LogP contribution in [-0.2, 0) is 0 Å². The molecule has 1 aliphatic heterocycles. The Bertz CT molecular complexity index is 1200. The smallest absolute Gasteiger partial charge is 0.189 e. The standard InChI is InChI=1S/C28H28N4OS2/c1-33-24-14-12-21(13-15-24)25-20-35-27(29-25)30-28(34)32-18-16-31(17-19-32)26(22-8-4-2-5-9-22)23-10-6-3-7-11-23/h2-15,20,26H,16-19H2,1H3,(H,29,30,34). The van der Waals surface area contributed by atoms with Crippen LogP contribution in [0.3, 0.4) is 0 Å². The van der Waals surface area contributed by atoms with Gasteiger partial charge in [-0.2, -0.15) is 0 Å². The summed E-state index contributed by atoms with van der Waals surface area (Å²) in [6.07, 6.45) is 0. The highest BCUT2D eigenvalue weighted by molar-refractivity contribution is 7.80. The van der Waals surface area contributed by atoms with E-state index in [1.165, 1.54) is 11.1 Å². The van der Waals surface area contributed by atoms with Crippen LogP contribution in [0.4, 0.5) is 5.13 Å². The number of rotatable bonds is 6. The summed E-state index contributed by atoms with van der Waals surface area (Å²) in [5, 5.41) is 6.95. The number of hydrogen-bond acceptors (Lipinski definition) is 5. The zero-order valence-electron chi connectivity index (χ0n) is 19.6. The Morgan fingerprint density at radius 2 is 1.49 bits per heavy atom. The largest absolute Gasteiger partial charge is 0.497 e. The molecule has 178 valence electrons. The first-order valence-electron chi connectivity index (χ1n) is 11.7. The van der Waals surface area contributed by atoms with Crippen LogP contribution in [0.15, 0.2) is 90.3 Å². The van der Waals surface area contributed by atoms with Gasteiger partial charge in [-0.15, -0.1) is 11.3 Å². The van der Waals surface area contributed by atoms with Crippen LogP contribution in [0.2, 0.25) is 0 Å². The van der Waals surface area contributed by atoms with Crippen LogP contribution in [0, 0.1) is 0 Å². The minimum atomic E-state index is 0.243. The third kappa shape index (κ3) is 5.53. The van der Waals surface area contributed by atoms with E-state index in [-0.39, 0.29) is 6.04 Å². The van der Waals surface area contributed by atoms with Crippen molar-refractivity contribution in [1.82, 2.24) is 14.8 Å². The lowest BCUT2D eigenvalue weighted by atomic mass is 9.96. The molecule has 0 amide bonds. The van der Waals surface area contributed by atoms with Crippen molar-refractivity contribution in [3.05, 3.63) is 101 Å². The lowest BCUT2D eigenvalue weighted by molar-refractivity contribution is 0.151. The average molecular weight is 501 g/mol. The average Bonchev–Trinajstić information content (AvgIpc) is 3.39. The van der Waals surface area contributed by atoms with E-state index in [0.717, 1.165) is 53.4 Å². The number of thiazole rings is 1. The molecule has 3 aromatic carbocycles. The van der Waals surface area contributed by atoms with Crippen molar-refractivity contribution in [3.63, 3.8) is 0 Å². The number of benzene rings is 3. The minimum absolute atomic E-state index is 0.243. The number of hydrogen-bond donors (Lipinski definition) is 1. The topological polar surface area (TPSA) is 40.6 Å². The van der Waals surface area contributed by atoms with E-state index in [1.54, 1.807) is 18.4 Å². The fourth-order valence-corrected chi connectivity index (χ4v) is 5.53. The highest BCUT2D eigenvalue weighted by atomic mass is 32.1. The van der Waals surface area contributed by atoms with E-state index in [1.807, 2.05) is 24.3 Å². The Morgan fingerprint density at radius 3 is 2.06 bits per heavy atom. The molecule has 0 unspecified atom stereocenters. The molecular formula is C28H28N4OS2. The number of nitrogens with one attached hydrogen (secondary N) is 1. The molecule has 1 fully saturated rings. The van der Waals surface area contributed by atoms with Crippen LogP contribution in [0.25, 0.3) is 11.3 Å². The van der Waals surface area contributed by atoms with E-state index in [0.29, 0.717) is 0 Å². The van der Waals surface area contributed by atoms with Crippen molar-refractivity contribution in [2.75, 3.05) is 38.6 Å². The van der Waals surface area contributed by atoms with Gasteiger partial charge in [-0.25, -0.2) is 4.98 Å². The molecule has 4 aromatic rings. The van der Waals surface area contributed by atoms with Crippen molar-refractivity contribution in [1.29, 1.82) is 0 Å². The van der Waals surface area contributed by atoms with Crippen LogP contribution < -0.4 is 10.1 Å². The summed E-state index contributed by atoms with van der Waals surface area (Å²) in [4.78, 5) is 9.53. The molecule has 0 radical (unpaired) electrons. The Hall–Kier alpha value is -3.26. The molecule has 35 heavy (non-hydrogen) atoms. The molecule has 0 saturated carbocycles. The maximum atomic E-state index is 5.75. The van der Waals surface area contributed by atoms with Crippen LogP contribution in [0.5, 0.6) is 5.75 Å².